The monoisotopic (exact) mass is 387 g/mol. The van der Waals surface area contributed by atoms with Gasteiger partial charge in [-0.05, 0) is 48.7 Å². The second kappa shape index (κ2) is 7.58. The Labute approximate surface area is 160 Å². The van der Waals surface area contributed by atoms with Gasteiger partial charge in [-0.3, -0.25) is 9.59 Å². The van der Waals surface area contributed by atoms with E-state index >= 15 is 0 Å². The highest BCUT2D eigenvalue weighted by Gasteiger charge is 2.30. The molecule has 0 unspecified atom stereocenters. The molecule has 1 atom stereocenters. The van der Waals surface area contributed by atoms with Gasteiger partial charge in [0.2, 0.25) is 12.7 Å². The van der Waals surface area contributed by atoms with Gasteiger partial charge in [-0.15, -0.1) is 0 Å². The van der Waals surface area contributed by atoms with Crippen LogP contribution in [0.2, 0.25) is 0 Å². The van der Waals surface area contributed by atoms with Crippen LogP contribution in [0, 0.1) is 17.6 Å². The van der Waals surface area contributed by atoms with E-state index in [9.17, 15) is 18.4 Å². The first kappa shape index (κ1) is 18.4. The predicted octanol–water partition coefficient (Wildman–Crippen LogP) is 3.36. The average Bonchev–Trinajstić information content (AvgIpc) is 3.17. The third kappa shape index (κ3) is 3.69. The quantitative estimate of drug-likeness (QED) is 0.755. The molecule has 2 heterocycles. The molecule has 2 aromatic carbocycles. The molecule has 2 aliphatic rings. The van der Waals surface area contributed by atoms with Crippen molar-refractivity contribution in [3.05, 3.63) is 59.2 Å². The Balaban J connectivity index is 1.43. The number of carbonyl (C=O) groups is 2. The van der Waals surface area contributed by atoms with Crippen molar-refractivity contribution in [2.45, 2.75) is 19.3 Å². The van der Waals surface area contributed by atoms with E-state index in [0.29, 0.717) is 30.9 Å². The minimum Gasteiger partial charge on any atom is -0.454 e. The SMILES string of the molecule is O=C(c1cc(F)ccc1F)[C@@H]1CCCN(C(=O)Cc2ccc3c(c2)OCO3)C1. The van der Waals surface area contributed by atoms with Crippen LogP contribution in [0.1, 0.15) is 28.8 Å². The van der Waals surface area contributed by atoms with Crippen molar-refractivity contribution in [2.24, 2.45) is 5.92 Å². The number of benzene rings is 2. The van der Waals surface area contributed by atoms with E-state index in [1.54, 1.807) is 23.1 Å². The number of ether oxygens (including phenoxy) is 2. The molecule has 146 valence electrons. The summed E-state index contributed by atoms with van der Waals surface area (Å²) in [5.74, 6) is -1.25. The van der Waals surface area contributed by atoms with Crippen LogP contribution in [0.25, 0.3) is 0 Å². The van der Waals surface area contributed by atoms with Crippen molar-refractivity contribution in [1.29, 1.82) is 0 Å². The molecule has 5 nitrogen and oxygen atoms in total. The largest absolute Gasteiger partial charge is 0.454 e. The molecular weight excluding hydrogens is 368 g/mol. The Kier molecular flexibility index (Phi) is 4.98. The summed E-state index contributed by atoms with van der Waals surface area (Å²) < 4.78 is 37.9. The van der Waals surface area contributed by atoms with Crippen molar-refractivity contribution >= 4 is 11.7 Å². The smallest absolute Gasteiger partial charge is 0.231 e. The molecule has 0 saturated carbocycles. The first-order valence-corrected chi connectivity index (χ1v) is 9.17. The van der Waals surface area contributed by atoms with Crippen LogP contribution in [0.5, 0.6) is 11.5 Å². The first-order valence-electron chi connectivity index (χ1n) is 9.17. The molecule has 0 bridgehead atoms. The predicted molar refractivity (Wildman–Crippen MR) is 96.3 cm³/mol. The highest BCUT2D eigenvalue weighted by molar-refractivity contribution is 5.98. The van der Waals surface area contributed by atoms with Gasteiger partial charge < -0.3 is 14.4 Å². The van der Waals surface area contributed by atoms with Gasteiger partial charge in [-0.25, -0.2) is 8.78 Å². The fourth-order valence-electron chi connectivity index (χ4n) is 3.66. The van der Waals surface area contributed by atoms with Crippen LogP contribution >= 0.6 is 0 Å². The van der Waals surface area contributed by atoms with Crippen LogP contribution in [0.15, 0.2) is 36.4 Å². The van der Waals surface area contributed by atoms with Gasteiger partial charge >= 0.3 is 0 Å². The zero-order valence-electron chi connectivity index (χ0n) is 15.1. The molecule has 1 saturated heterocycles. The normalized spacial score (nSPS) is 18.2. The standard InChI is InChI=1S/C21H19F2NO4/c22-15-4-5-17(23)16(10-15)21(26)14-2-1-7-24(11-14)20(25)9-13-3-6-18-19(8-13)28-12-27-18/h3-6,8,10,14H,1-2,7,9,11-12H2/t14-/m1/s1. The van der Waals surface area contributed by atoms with E-state index in [1.165, 1.54) is 0 Å². The Bertz CT molecular complexity index is 931. The van der Waals surface area contributed by atoms with E-state index in [2.05, 4.69) is 0 Å². The van der Waals surface area contributed by atoms with E-state index < -0.39 is 23.3 Å². The molecule has 0 radical (unpaired) electrons. The summed E-state index contributed by atoms with van der Waals surface area (Å²) in [5.41, 5.74) is 0.536. The number of piperidine rings is 1. The van der Waals surface area contributed by atoms with E-state index in [0.717, 1.165) is 23.8 Å². The number of nitrogens with zero attached hydrogens (tertiary/aromatic N) is 1. The number of fused-ring (bicyclic) bond motifs is 1. The molecule has 1 fully saturated rings. The second-order valence-electron chi connectivity index (χ2n) is 7.03. The molecule has 0 spiro atoms. The second-order valence-corrected chi connectivity index (χ2v) is 7.03. The maximum atomic E-state index is 13.9. The fraction of sp³-hybridized carbons (Fsp3) is 0.333. The molecule has 4 rings (SSSR count). The number of amides is 1. The fourth-order valence-corrected chi connectivity index (χ4v) is 3.66. The van der Waals surface area contributed by atoms with E-state index in [1.807, 2.05) is 0 Å². The lowest BCUT2D eigenvalue weighted by Gasteiger charge is -2.32. The first-order chi connectivity index (χ1) is 13.5. The number of rotatable bonds is 4. The van der Waals surface area contributed by atoms with E-state index in [-0.39, 0.29) is 31.2 Å². The highest BCUT2D eigenvalue weighted by atomic mass is 19.1. The lowest BCUT2D eigenvalue weighted by molar-refractivity contribution is -0.131. The Morgan fingerprint density at radius 1 is 1.07 bits per heavy atom. The number of ketones is 1. The Hall–Kier alpha value is -2.96. The number of hydrogen-bond acceptors (Lipinski definition) is 4. The lowest BCUT2D eigenvalue weighted by atomic mass is 9.89. The van der Waals surface area contributed by atoms with Crippen molar-refractivity contribution < 1.29 is 27.8 Å². The lowest BCUT2D eigenvalue weighted by Crippen LogP contribution is -2.43. The maximum Gasteiger partial charge on any atom is 0.231 e. The summed E-state index contributed by atoms with van der Waals surface area (Å²) in [4.78, 5) is 27.0. The summed E-state index contributed by atoms with van der Waals surface area (Å²) in [7, 11) is 0. The van der Waals surface area contributed by atoms with Crippen LogP contribution in [0.3, 0.4) is 0 Å². The number of carbonyl (C=O) groups excluding carboxylic acids is 2. The maximum absolute atomic E-state index is 13.9. The third-order valence-electron chi connectivity index (χ3n) is 5.13. The Morgan fingerprint density at radius 3 is 2.75 bits per heavy atom. The summed E-state index contributed by atoms with van der Waals surface area (Å²) in [6, 6.07) is 8.20. The number of likely N-dealkylation sites (tertiary alicyclic amines) is 1. The molecular formula is C21H19F2NO4. The topological polar surface area (TPSA) is 55.8 Å². The Morgan fingerprint density at radius 2 is 1.89 bits per heavy atom. The van der Waals surface area contributed by atoms with Gasteiger partial charge in [0.1, 0.15) is 11.6 Å². The van der Waals surface area contributed by atoms with Crippen LogP contribution in [0.4, 0.5) is 8.78 Å². The van der Waals surface area contributed by atoms with Gasteiger partial charge in [-0.1, -0.05) is 6.07 Å². The molecule has 28 heavy (non-hydrogen) atoms. The van der Waals surface area contributed by atoms with Crippen molar-refractivity contribution in [2.75, 3.05) is 19.9 Å². The number of Topliss-reactive ketones (excluding diaryl/α,β-unsaturated/α-hetero) is 1. The van der Waals surface area contributed by atoms with Gasteiger partial charge in [0, 0.05) is 19.0 Å². The molecule has 2 aromatic rings. The van der Waals surface area contributed by atoms with Gasteiger partial charge in [0.05, 0.1) is 12.0 Å². The summed E-state index contributed by atoms with van der Waals surface area (Å²) in [6.45, 7) is 0.913. The van der Waals surface area contributed by atoms with Crippen LogP contribution in [-0.2, 0) is 11.2 Å². The number of halogens is 2. The van der Waals surface area contributed by atoms with Crippen LogP contribution in [-0.4, -0.2) is 36.5 Å². The summed E-state index contributed by atoms with van der Waals surface area (Å²) >= 11 is 0. The highest BCUT2D eigenvalue weighted by Crippen LogP contribution is 2.33. The molecule has 2 aliphatic heterocycles. The average molecular weight is 387 g/mol. The van der Waals surface area contributed by atoms with Gasteiger partial charge in [0.25, 0.3) is 0 Å². The molecule has 7 heteroatoms. The van der Waals surface area contributed by atoms with Crippen molar-refractivity contribution in [3.63, 3.8) is 0 Å². The van der Waals surface area contributed by atoms with Gasteiger partial charge in [0.15, 0.2) is 17.3 Å². The molecule has 0 N–H and O–H groups in total. The van der Waals surface area contributed by atoms with Crippen LogP contribution < -0.4 is 9.47 Å². The van der Waals surface area contributed by atoms with Gasteiger partial charge in [-0.2, -0.15) is 0 Å². The van der Waals surface area contributed by atoms with E-state index in [4.69, 9.17) is 9.47 Å². The zero-order chi connectivity index (χ0) is 19.7. The van der Waals surface area contributed by atoms with Crippen molar-refractivity contribution in [3.8, 4) is 11.5 Å². The summed E-state index contributed by atoms with van der Waals surface area (Å²) in [5, 5.41) is 0. The third-order valence-corrected chi connectivity index (χ3v) is 5.13. The molecule has 0 aliphatic carbocycles. The zero-order valence-corrected chi connectivity index (χ0v) is 15.1. The van der Waals surface area contributed by atoms with Crippen molar-refractivity contribution in [1.82, 2.24) is 4.90 Å². The molecule has 0 aromatic heterocycles. The molecule has 1 amide bonds. The minimum atomic E-state index is -0.741. The summed E-state index contributed by atoms with van der Waals surface area (Å²) in [6.07, 6.45) is 1.36. The number of hydrogen-bond donors (Lipinski definition) is 0. The minimum absolute atomic E-state index is 0.115.